The Kier molecular flexibility index (Phi) is 8.26. The Morgan fingerprint density at radius 1 is 1.11 bits per heavy atom. The van der Waals surface area contributed by atoms with Crippen molar-refractivity contribution in [2.24, 2.45) is 17.6 Å². The van der Waals surface area contributed by atoms with E-state index in [2.05, 4.69) is 61.7 Å². The van der Waals surface area contributed by atoms with Gasteiger partial charge in [0.2, 0.25) is 5.91 Å². The van der Waals surface area contributed by atoms with E-state index in [-0.39, 0.29) is 5.92 Å². The number of amides is 2. The molecule has 1 fully saturated rings. The molecule has 2 atom stereocenters. The average molecular weight is 478 g/mol. The molecule has 2 aromatic rings. The molecule has 0 saturated carbocycles. The fourth-order valence-corrected chi connectivity index (χ4v) is 4.61. The molecule has 0 aromatic heterocycles. The van der Waals surface area contributed by atoms with Crippen LogP contribution in [0.15, 0.2) is 66.9 Å². The molecule has 1 aliphatic heterocycles. The summed E-state index contributed by atoms with van der Waals surface area (Å²) in [7, 11) is 0. The number of carbonyl (C=O) groups is 2. The molecule has 0 spiro atoms. The second-order valence-corrected chi connectivity index (χ2v) is 10.8. The molecular weight excluding hydrogens is 438 g/mol. The van der Waals surface area contributed by atoms with Gasteiger partial charge in [0.05, 0.1) is 0 Å². The van der Waals surface area contributed by atoms with E-state index < -0.39 is 23.6 Å². The molecule has 6 nitrogen and oxygen atoms in total. The third-order valence-electron chi connectivity index (χ3n) is 6.18. The Morgan fingerprint density at radius 2 is 1.74 bits per heavy atom. The summed E-state index contributed by atoms with van der Waals surface area (Å²) < 4.78 is 5.55. The highest BCUT2D eigenvalue weighted by atomic mass is 16.6. The van der Waals surface area contributed by atoms with Gasteiger partial charge in [0.15, 0.2) is 0 Å². The number of nitrogens with zero attached hydrogens (tertiary/aromatic N) is 2. The SMILES string of the molecule is C=C([C@@H]1C[C@@H](C(N)=O)N(C(=O)OC(C)(C)C)C1)N(Cc1ccccc1-c1ccccc1)CC(C)C. The molecule has 2 N–H and O–H groups in total. The molecule has 0 unspecified atom stereocenters. The van der Waals surface area contributed by atoms with Gasteiger partial charge in [0.1, 0.15) is 11.6 Å². The van der Waals surface area contributed by atoms with Gasteiger partial charge < -0.3 is 15.4 Å². The van der Waals surface area contributed by atoms with Crippen molar-refractivity contribution in [2.75, 3.05) is 13.1 Å². The Labute approximate surface area is 209 Å². The van der Waals surface area contributed by atoms with Crippen LogP contribution >= 0.6 is 0 Å². The topological polar surface area (TPSA) is 75.9 Å². The van der Waals surface area contributed by atoms with E-state index in [1.165, 1.54) is 21.6 Å². The molecule has 3 rings (SSSR count). The Hall–Kier alpha value is -3.28. The lowest BCUT2D eigenvalue weighted by molar-refractivity contribution is -0.122. The highest BCUT2D eigenvalue weighted by Gasteiger charge is 2.42. The third-order valence-corrected chi connectivity index (χ3v) is 6.18. The number of hydrogen-bond acceptors (Lipinski definition) is 4. The maximum absolute atomic E-state index is 12.8. The smallest absolute Gasteiger partial charge is 0.410 e. The molecule has 1 heterocycles. The van der Waals surface area contributed by atoms with Crippen LogP contribution in [0.4, 0.5) is 4.79 Å². The molecule has 2 aromatic carbocycles. The Bertz CT molecular complexity index is 1040. The summed E-state index contributed by atoms with van der Waals surface area (Å²) in [4.78, 5) is 28.8. The number of primary amides is 1. The molecule has 0 radical (unpaired) electrons. The molecular formula is C29H39N3O3. The highest BCUT2D eigenvalue weighted by Crippen LogP contribution is 2.33. The van der Waals surface area contributed by atoms with Gasteiger partial charge in [-0.1, -0.05) is 75.0 Å². The minimum atomic E-state index is -0.705. The van der Waals surface area contributed by atoms with Crippen molar-refractivity contribution < 1.29 is 14.3 Å². The lowest BCUT2D eigenvalue weighted by atomic mass is 9.97. The molecule has 35 heavy (non-hydrogen) atoms. The zero-order chi connectivity index (χ0) is 25.8. The molecule has 6 heteroatoms. The number of benzene rings is 2. The normalized spacial score (nSPS) is 17.9. The maximum Gasteiger partial charge on any atom is 0.410 e. The first-order chi connectivity index (χ1) is 16.5. The summed E-state index contributed by atoms with van der Waals surface area (Å²) >= 11 is 0. The van der Waals surface area contributed by atoms with Crippen molar-refractivity contribution in [3.63, 3.8) is 0 Å². The van der Waals surface area contributed by atoms with Gasteiger partial charge in [-0.25, -0.2) is 4.79 Å². The van der Waals surface area contributed by atoms with Gasteiger partial charge in [0, 0.05) is 31.2 Å². The number of rotatable bonds is 8. The molecule has 0 bridgehead atoms. The van der Waals surface area contributed by atoms with Gasteiger partial charge in [-0.2, -0.15) is 0 Å². The maximum atomic E-state index is 12.8. The second-order valence-electron chi connectivity index (χ2n) is 10.8. The minimum absolute atomic E-state index is 0.0809. The molecule has 1 saturated heterocycles. The average Bonchev–Trinajstić information content (AvgIpc) is 3.24. The van der Waals surface area contributed by atoms with Crippen LogP contribution in [-0.2, 0) is 16.1 Å². The van der Waals surface area contributed by atoms with Gasteiger partial charge in [-0.3, -0.25) is 9.69 Å². The van der Waals surface area contributed by atoms with Gasteiger partial charge in [-0.15, -0.1) is 0 Å². The monoisotopic (exact) mass is 477 g/mol. The predicted molar refractivity (Wildman–Crippen MR) is 140 cm³/mol. The van der Waals surface area contributed by atoms with Crippen molar-refractivity contribution in [3.05, 3.63) is 72.4 Å². The number of likely N-dealkylation sites (tertiary alicyclic amines) is 1. The van der Waals surface area contributed by atoms with Crippen LogP contribution in [0, 0.1) is 11.8 Å². The summed E-state index contributed by atoms with van der Waals surface area (Å²) in [5.41, 5.74) is 9.51. The van der Waals surface area contributed by atoms with Crippen molar-refractivity contribution >= 4 is 12.0 Å². The van der Waals surface area contributed by atoms with Crippen molar-refractivity contribution in [1.29, 1.82) is 0 Å². The van der Waals surface area contributed by atoms with E-state index in [4.69, 9.17) is 10.5 Å². The predicted octanol–water partition coefficient (Wildman–Crippen LogP) is 5.44. The van der Waals surface area contributed by atoms with Crippen molar-refractivity contribution in [3.8, 4) is 11.1 Å². The first-order valence-corrected chi connectivity index (χ1v) is 12.3. The van der Waals surface area contributed by atoms with Crippen LogP contribution in [0.3, 0.4) is 0 Å². The van der Waals surface area contributed by atoms with E-state index in [9.17, 15) is 9.59 Å². The van der Waals surface area contributed by atoms with E-state index in [0.717, 1.165) is 12.2 Å². The number of ether oxygens (including phenoxy) is 1. The van der Waals surface area contributed by atoms with Crippen LogP contribution in [0.25, 0.3) is 11.1 Å². The van der Waals surface area contributed by atoms with Crippen LogP contribution < -0.4 is 5.73 Å². The van der Waals surface area contributed by atoms with Crippen LogP contribution in [0.1, 0.15) is 46.6 Å². The number of carbonyl (C=O) groups excluding carboxylic acids is 2. The molecule has 0 aliphatic carbocycles. The second kappa shape index (κ2) is 11.0. The van der Waals surface area contributed by atoms with E-state index in [1.807, 2.05) is 39.0 Å². The zero-order valence-electron chi connectivity index (χ0n) is 21.7. The quantitative estimate of drug-likeness (QED) is 0.550. The summed E-state index contributed by atoms with van der Waals surface area (Å²) in [5.74, 6) is -0.190. The summed E-state index contributed by atoms with van der Waals surface area (Å²) in [6, 6.07) is 18.0. The molecule has 2 amide bonds. The van der Waals surface area contributed by atoms with Crippen LogP contribution in [0.2, 0.25) is 0 Å². The fraction of sp³-hybridized carbons (Fsp3) is 0.448. The largest absolute Gasteiger partial charge is 0.444 e. The van der Waals surface area contributed by atoms with E-state index >= 15 is 0 Å². The lowest BCUT2D eigenvalue weighted by Crippen LogP contribution is -2.45. The summed E-state index contributed by atoms with van der Waals surface area (Å²) in [6.07, 6.45) is -0.0658. The van der Waals surface area contributed by atoms with Gasteiger partial charge in [-0.05, 0) is 49.8 Å². The van der Waals surface area contributed by atoms with Crippen LogP contribution in [-0.4, -0.2) is 46.5 Å². The number of hydrogen-bond donors (Lipinski definition) is 1. The highest BCUT2D eigenvalue weighted by molar-refractivity contribution is 5.85. The molecule has 188 valence electrons. The zero-order valence-corrected chi connectivity index (χ0v) is 21.7. The van der Waals surface area contributed by atoms with Crippen molar-refractivity contribution in [2.45, 2.75) is 59.2 Å². The third kappa shape index (κ3) is 6.87. The first kappa shape index (κ1) is 26.3. The standard InChI is InChI=1S/C29H39N3O3/c1-20(2)17-31(18-23-14-10-11-15-25(23)22-12-8-7-9-13-22)21(3)24-16-26(27(30)33)32(19-24)28(34)35-29(4,5)6/h7-15,20,24,26H,3,16-19H2,1-2,4-6H3,(H2,30,33)/t24-,26+/m1/s1. The Balaban J connectivity index is 1.85. The molecule has 1 aliphatic rings. The number of nitrogens with two attached hydrogens (primary N) is 1. The fourth-order valence-electron chi connectivity index (χ4n) is 4.61. The summed E-state index contributed by atoms with van der Waals surface area (Å²) in [6.45, 7) is 16.1. The lowest BCUT2D eigenvalue weighted by Gasteiger charge is -2.32. The summed E-state index contributed by atoms with van der Waals surface area (Å²) in [5, 5.41) is 0. The van der Waals surface area contributed by atoms with Gasteiger partial charge >= 0.3 is 6.09 Å². The van der Waals surface area contributed by atoms with Crippen LogP contribution in [0.5, 0.6) is 0 Å². The van der Waals surface area contributed by atoms with E-state index in [1.54, 1.807) is 0 Å². The Morgan fingerprint density at radius 3 is 2.34 bits per heavy atom. The minimum Gasteiger partial charge on any atom is -0.444 e. The van der Waals surface area contributed by atoms with Gasteiger partial charge in [0.25, 0.3) is 0 Å². The van der Waals surface area contributed by atoms with E-state index in [0.29, 0.717) is 25.4 Å². The van der Waals surface area contributed by atoms with Crippen molar-refractivity contribution in [1.82, 2.24) is 9.80 Å². The first-order valence-electron chi connectivity index (χ1n) is 12.3.